The number of morpholine rings is 1. The summed E-state index contributed by atoms with van der Waals surface area (Å²) in [6, 6.07) is 15.6. The molecule has 2 N–H and O–H groups in total. The first kappa shape index (κ1) is 32.2. The number of fused-ring (bicyclic) bond motifs is 2. The third-order valence-corrected chi connectivity index (χ3v) is 10.0. The smallest absolute Gasteiger partial charge is 0.247 e. The van der Waals surface area contributed by atoms with E-state index in [1.54, 1.807) is 7.11 Å². The van der Waals surface area contributed by atoms with Crippen LogP contribution in [0.15, 0.2) is 61.4 Å². The Kier molecular flexibility index (Phi) is 9.38. The number of carbonyl (C=O) groups excluding carboxylic acids is 1. The maximum Gasteiger partial charge on any atom is 0.247 e. The third kappa shape index (κ3) is 6.78. The van der Waals surface area contributed by atoms with E-state index in [1.165, 1.54) is 23.7 Å². The van der Waals surface area contributed by atoms with Crippen LogP contribution >= 0.6 is 0 Å². The number of piperidine rings is 1. The highest BCUT2D eigenvalue weighted by atomic mass is 16.7. The third-order valence-electron chi connectivity index (χ3n) is 10.0. The summed E-state index contributed by atoms with van der Waals surface area (Å²) in [6.07, 6.45) is 8.24. The molecule has 7 rings (SSSR count). The van der Waals surface area contributed by atoms with Gasteiger partial charge >= 0.3 is 0 Å². The van der Waals surface area contributed by atoms with Crippen molar-refractivity contribution in [2.24, 2.45) is 0 Å². The highest BCUT2D eigenvalue weighted by Crippen LogP contribution is 2.41. The van der Waals surface area contributed by atoms with E-state index >= 15 is 0 Å². The Labute approximate surface area is 282 Å². The van der Waals surface area contributed by atoms with E-state index in [4.69, 9.17) is 14.3 Å². The highest BCUT2D eigenvalue weighted by Gasteiger charge is 2.42. The normalized spacial score (nSPS) is 22.6. The molecule has 0 spiro atoms. The molecule has 3 atom stereocenters. The van der Waals surface area contributed by atoms with E-state index in [2.05, 4.69) is 80.2 Å². The van der Waals surface area contributed by atoms with Gasteiger partial charge in [-0.25, -0.2) is 15.0 Å². The maximum absolute atomic E-state index is 12.6. The van der Waals surface area contributed by atoms with Gasteiger partial charge in [-0.1, -0.05) is 18.7 Å². The summed E-state index contributed by atoms with van der Waals surface area (Å²) in [4.78, 5) is 34.8. The van der Waals surface area contributed by atoms with Gasteiger partial charge in [-0.2, -0.15) is 0 Å². The molecule has 4 aliphatic rings. The van der Waals surface area contributed by atoms with Gasteiger partial charge in [-0.15, -0.1) is 0 Å². The van der Waals surface area contributed by atoms with Gasteiger partial charge < -0.3 is 29.9 Å². The van der Waals surface area contributed by atoms with Crippen molar-refractivity contribution in [1.29, 1.82) is 0 Å². The quantitative estimate of drug-likeness (QED) is 0.283. The zero-order chi connectivity index (χ0) is 33.2. The largest absolute Gasteiger partial charge is 0.494 e. The molecule has 4 aliphatic heterocycles. The second-order valence-electron chi connectivity index (χ2n) is 13.3. The number of ether oxygens (including phenoxy) is 2. The van der Waals surface area contributed by atoms with Gasteiger partial charge in [0.15, 0.2) is 5.82 Å². The highest BCUT2D eigenvalue weighted by molar-refractivity contribution is 6.02. The minimum Gasteiger partial charge on any atom is -0.494 e. The Morgan fingerprint density at radius 1 is 1.10 bits per heavy atom. The number of hydrogen-bond donors (Lipinski definition) is 2. The number of likely N-dealkylation sites (tertiary alicyclic amines) is 1. The predicted octanol–water partition coefficient (Wildman–Crippen LogP) is 4.61. The molecule has 0 saturated carbocycles. The standard InChI is InChI=1S/C36H46N8O4/c1-5-36(45)40-30-18-31(33(46-4)19-32(30)42-12-9-25(10-13-42)43-21-29-17-28(43)22-47-29)39-34-20-35(38-23-37-34)44-27(11-14-48-44)16-24-7-6-8-26(15-24)41(2)3/h5-8,15,18-20,23,25,27-29H,1,9-14,16-17,21-22H2,2-4H3,(H,40,45)(H,37,38,39)/t27?,28-,29-/m1/s1. The van der Waals surface area contributed by atoms with Crippen molar-refractivity contribution < 1.29 is 19.1 Å². The molecule has 0 aliphatic carbocycles. The van der Waals surface area contributed by atoms with Crippen LogP contribution < -0.4 is 30.2 Å². The Hall–Kier alpha value is -4.39. The Balaban J connectivity index is 1.09. The lowest BCUT2D eigenvalue weighted by molar-refractivity contribution is -0.111. The topological polar surface area (TPSA) is 108 Å². The molecule has 2 bridgehead atoms. The number of nitrogens with zero attached hydrogens (tertiary/aromatic N) is 6. The SMILES string of the molecule is C=CC(=O)Nc1cc(Nc2cc(N3OCCC3Cc3cccc(N(C)C)c3)ncn2)c(OC)cc1N1CCC(N2C[C@H]3C[C@@H]2CO3)CC1. The van der Waals surface area contributed by atoms with Crippen LogP contribution in [-0.2, 0) is 20.8 Å². The van der Waals surface area contributed by atoms with Crippen molar-refractivity contribution in [3.63, 3.8) is 0 Å². The van der Waals surface area contributed by atoms with E-state index in [9.17, 15) is 4.79 Å². The molecule has 3 aromatic rings. The molecule has 48 heavy (non-hydrogen) atoms. The van der Waals surface area contributed by atoms with E-state index in [1.807, 2.05) is 23.3 Å². The van der Waals surface area contributed by atoms with Crippen molar-refractivity contribution in [2.75, 3.05) is 79.5 Å². The molecule has 4 fully saturated rings. The second-order valence-corrected chi connectivity index (χ2v) is 13.3. The summed E-state index contributed by atoms with van der Waals surface area (Å²) in [5, 5.41) is 8.35. The van der Waals surface area contributed by atoms with Crippen LogP contribution in [0.3, 0.4) is 0 Å². The summed E-state index contributed by atoms with van der Waals surface area (Å²) in [6.45, 7) is 7.97. The van der Waals surface area contributed by atoms with E-state index in [-0.39, 0.29) is 11.9 Å². The number of rotatable bonds is 11. The van der Waals surface area contributed by atoms with Gasteiger partial charge in [-0.3, -0.25) is 14.5 Å². The first-order valence-corrected chi connectivity index (χ1v) is 16.9. The number of carbonyl (C=O) groups is 1. The van der Waals surface area contributed by atoms with E-state index < -0.39 is 0 Å². The Morgan fingerprint density at radius 3 is 2.69 bits per heavy atom. The Bertz CT molecular complexity index is 1630. The monoisotopic (exact) mass is 654 g/mol. The molecule has 2 aromatic carbocycles. The minimum absolute atomic E-state index is 0.137. The molecule has 1 amide bonds. The average molecular weight is 655 g/mol. The van der Waals surface area contributed by atoms with Crippen LogP contribution in [0.2, 0.25) is 0 Å². The number of benzene rings is 2. The first-order valence-electron chi connectivity index (χ1n) is 16.9. The first-order chi connectivity index (χ1) is 23.4. The van der Waals surface area contributed by atoms with E-state index in [0.29, 0.717) is 53.6 Å². The molecule has 12 heteroatoms. The Morgan fingerprint density at radius 2 is 1.96 bits per heavy atom. The van der Waals surface area contributed by atoms with Crippen LogP contribution in [-0.4, -0.2) is 99.1 Å². The van der Waals surface area contributed by atoms with Gasteiger partial charge in [0.2, 0.25) is 5.91 Å². The average Bonchev–Trinajstić information content (AvgIpc) is 3.87. The second kappa shape index (κ2) is 14.0. The fourth-order valence-electron chi connectivity index (χ4n) is 7.55. The van der Waals surface area contributed by atoms with Gasteiger partial charge in [0.1, 0.15) is 17.9 Å². The fraction of sp³-hybridized carbons (Fsp3) is 0.472. The zero-order valence-electron chi connectivity index (χ0n) is 28.1. The van der Waals surface area contributed by atoms with Crippen molar-refractivity contribution in [3.05, 3.63) is 67.0 Å². The predicted molar refractivity (Wildman–Crippen MR) is 189 cm³/mol. The number of amides is 1. The maximum atomic E-state index is 12.6. The molecule has 5 heterocycles. The molecule has 0 radical (unpaired) electrons. The van der Waals surface area contributed by atoms with Crippen molar-refractivity contribution in [2.45, 2.75) is 56.3 Å². The van der Waals surface area contributed by atoms with Gasteiger partial charge in [0.05, 0.1) is 49.5 Å². The lowest BCUT2D eigenvalue weighted by atomic mass is 10.0. The molecule has 1 unspecified atom stereocenters. The van der Waals surface area contributed by atoms with Crippen LogP contribution in [0.4, 0.5) is 34.4 Å². The number of anilines is 6. The van der Waals surface area contributed by atoms with Crippen LogP contribution in [0, 0.1) is 0 Å². The van der Waals surface area contributed by atoms with Crippen LogP contribution in [0.5, 0.6) is 5.75 Å². The lowest BCUT2D eigenvalue weighted by Crippen LogP contribution is -2.49. The zero-order valence-corrected chi connectivity index (χ0v) is 28.1. The van der Waals surface area contributed by atoms with Gasteiger partial charge in [0.25, 0.3) is 0 Å². The molecule has 12 nitrogen and oxygen atoms in total. The van der Waals surface area contributed by atoms with Crippen molar-refractivity contribution in [1.82, 2.24) is 14.9 Å². The number of aromatic nitrogens is 2. The van der Waals surface area contributed by atoms with E-state index in [0.717, 1.165) is 64.0 Å². The van der Waals surface area contributed by atoms with Gasteiger partial charge in [-0.05, 0) is 61.9 Å². The van der Waals surface area contributed by atoms with Crippen molar-refractivity contribution in [3.8, 4) is 5.75 Å². The summed E-state index contributed by atoms with van der Waals surface area (Å²) >= 11 is 0. The number of nitrogens with one attached hydrogen (secondary N) is 2. The molecule has 4 saturated heterocycles. The lowest BCUT2D eigenvalue weighted by Gasteiger charge is -2.41. The fourth-order valence-corrected chi connectivity index (χ4v) is 7.55. The van der Waals surface area contributed by atoms with Crippen LogP contribution in [0.1, 0.15) is 31.2 Å². The van der Waals surface area contributed by atoms with Crippen LogP contribution in [0.25, 0.3) is 0 Å². The minimum atomic E-state index is -0.270. The molecule has 254 valence electrons. The summed E-state index contributed by atoms with van der Waals surface area (Å²) in [5.74, 6) is 1.64. The number of methoxy groups -OCH3 is 1. The molecule has 1 aromatic heterocycles. The molecular formula is C36H46N8O4. The van der Waals surface area contributed by atoms with Crippen molar-refractivity contribution >= 4 is 40.3 Å². The number of hydroxylamine groups is 1. The summed E-state index contributed by atoms with van der Waals surface area (Å²) < 4.78 is 11.7. The van der Waals surface area contributed by atoms with Gasteiger partial charge in [0, 0.05) is 63.6 Å². The summed E-state index contributed by atoms with van der Waals surface area (Å²) in [5.41, 5.74) is 4.70. The molecular weight excluding hydrogens is 608 g/mol. The number of hydrogen-bond acceptors (Lipinski definition) is 11. The summed E-state index contributed by atoms with van der Waals surface area (Å²) in [7, 11) is 5.76.